The average Bonchev–Trinajstić information content (AvgIpc) is 3.07. The Kier molecular flexibility index (Phi) is 8.11. The Balaban J connectivity index is 2.06. The van der Waals surface area contributed by atoms with Gasteiger partial charge in [0.05, 0.1) is 25.3 Å². The van der Waals surface area contributed by atoms with Gasteiger partial charge in [0.1, 0.15) is 17.3 Å². The molecule has 2 aromatic rings. The number of para-hydroxylation sites is 1. The molecule has 1 unspecified atom stereocenters. The summed E-state index contributed by atoms with van der Waals surface area (Å²) in [6.45, 7) is 3.76. The van der Waals surface area contributed by atoms with Gasteiger partial charge >= 0.3 is 0 Å². The summed E-state index contributed by atoms with van der Waals surface area (Å²) in [5.41, 5.74) is 1.18. The third-order valence-corrected chi connectivity index (χ3v) is 5.58. The number of carbonyl (C=O) groups excluding carboxylic acids is 2. The Morgan fingerprint density at radius 3 is 2.42 bits per heavy atom. The number of amides is 1. The van der Waals surface area contributed by atoms with Gasteiger partial charge in [-0.15, -0.1) is 0 Å². The van der Waals surface area contributed by atoms with E-state index in [-0.39, 0.29) is 11.3 Å². The van der Waals surface area contributed by atoms with Gasteiger partial charge in [-0.1, -0.05) is 25.1 Å². The van der Waals surface area contributed by atoms with Crippen molar-refractivity contribution in [2.75, 3.05) is 40.9 Å². The number of aliphatic hydroxyl groups is 1. The third-order valence-electron chi connectivity index (χ3n) is 5.58. The molecule has 1 aliphatic heterocycles. The minimum absolute atomic E-state index is 0.0663. The molecule has 1 atom stereocenters. The predicted octanol–water partition coefficient (Wildman–Crippen LogP) is 3.86. The Morgan fingerprint density at radius 2 is 1.79 bits per heavy atom. The topological polar surface area (TPSA) is 79.3 Å². The summed E-state index contributed by atoms with van der Waals surface area (Å²) in [5.74, 6) is -0.287. The number of carbonyl (C=O) groups is 2. The fraction of sp³-hybridized carbons (Fsp3) is 0.385. The van der Waals surface area contributed by atoms with Gasteiger partial charge in [0, 0.05) is 17.7 Å². The van der Waals surface area contributed by atoms with Crippen molar-refractivity contribution in [1.82, 2.24) is 9.80 Å². The number of benzene rings is 2. The van der Waals surface area contributed by atoms with E-state index in [0.717, 1.165) is 13.0 Å². The number of ether oxygens (including phenoxy) is 2. The van der Waals surface area contributed by atoms with Crippen molar-refractivity contribution in [1.29, 1.82) is 0 Å². The number of Topliss-reactive ketones (excluding diaryl/α,β-unsaturated/α-hetero) is 1. The van der Waals surface area contributed by atoms with Crippen LogP contribution in [0.15, 0.2) is 54.1 Å². The van der Waals surface area contributed by atoms with Gasteiger partial charge in [-0.3, -0.25) is 9.59 Å². The molecule has 0 bridgehead atoms. The first-order valence-corrected chi connectivity index (χ1v) is 11.2. The molecule has 176 valence electrons. The molecule has 1 saturated heterocycles. The molecular formula is C26H32N2O5. The van der Waals surface area contributed by atoms with E-state index in [0.29, 0.717) is 42.2 Å². The second kappa shape index (κ2) is 11.0. The summed E-state index contributed by atoms with van der Waals surface area (Å²) in [4.78, 5) is 29.7. The highest BCUT2D eigenvalue weighted by Crippen LogP contribution is 2.42. The minimum Gasteiger partial charge on any atom is -0.507 e. The standard InChI is InChI=1S/C26H32N2O5/c1-5-17-33-19-13-11-18(12-14-19)24(29)22-23(20-9-6-7-10-21(20)32-4)28(26(31)25(22)30)16-8-15-27(2)3/h6-7,9-14,23,29H,5,8,15-17H2,1-4H3/b24-22-. The molecule has 0 radical (unpaired) electrons. The summed E-state index contributed by atoms with van der Waals surface area (Å²) in [6.07, 6.45) is 1.58. The monoisotopic (exact) mass is 452 g/mol. The van der Waals surface area contributed by atoms with E-state index in [1.54, 1.807) is 37.4 Å². The van der Waals surface area contributed by atoms with Gasteiger partial charge in [-0.25, -0.2) is 0 Å². The molecule has 7 heteroatoms. The SMILES string of the molecule is CCCOc1ccc(/C(O)=C2/C(=O)C(=O)N(CCCN(C)C)C2c2ccccc2OC)cc1. The second-order valence-electron chi connectivity index (χ2n) is 8.26. The maximum atomic E-state index is 13.1. The summed E-state index contributed by atoms with van der Waals surface area (Å²) < 4.78 is 11.1. The molecule has 1 fully saturated rings. The van der Waals surface area contributed by atoms with Gasteiger partial charge in [0.25, 0.3) is 11.7 Å². The van der Waals surface area contributed by atoms with E-state index in [4.69, 9.17) is 9.47 Å². The van der Waals surface area contributed by atoms with Crippen LogP contribution in [0.2, 0.25) is 0 Å². The van der Waals surface area contributed by atoms with Crippen LogP contribution in [-0.4, -0.2) is 67.5 Å². The van der Waals surface area contributed by atoms with Crippen molar-refractivity contribution in [3.63, 3.8) is 0 Å². The molecule has 0 aliphatic carbocycles. The van der Waals surface area contributed by atoms with Crippen molar-refractivity contribution in [3.05, 3.63) is 65.2 Å². The Labute approximate surface area is 195 Å². The quantitative estimate of drug-likeness (QED) is 0.335. The van der Waals surface area contributed by atoms with Crippen molar-refractivity contribution >= 4 is 17.4 Å². The summed E-state index contributed by atoms with van der Waals surface area (Å²) in [6, 6.07) is 13.4. The first-order chi connectivity index (χ1) is 15.9. The fourth-order valence-corrected chi connectivity index (χ4v) is 3.97. The third kappa shape index (κ3) is 5.37. The zero-order valence-electron chi connectivity index (χ0n) is 19.7. The molecule has 1 N–H and O–H groups in total. The Bertz CT molecular complexity index is 1010. The van der Waals surface area contributed by atoms with E-state index in [2.05, 4.69) is 0 Å². The number of methoxy groups -OCH3 is 1. The molecule has 1 aliphatic rings. The largest absolute Gasteiger partial charge is 0.507 e. The highest BCUT2D eigenvalue weighted by molar-refractivity contribution is 6.46. The highest BCUT2D eigenvalue weighted by atomic mass is 16.5. The van der Waals surface area contributed by atoms with Crippen LogP contribution in [0.5, 0.6) is 11.5 Å². The number of likely N-dealkylation sites (tertiary alicyclic amines) is 1. The number of hydrogen-bond acceptors (Lipinski definition) is 6. The molecule has 1 amide bonds. The normalized spacial score (nSPS) is 17.6. The molecular weight excluding hydrogens is 420 g/mol. The maximum absolute atomic E-state index is 13.1. The molecule has 7 nitrogen and oxygen atoms in total. The predicted molar refractivity (Wildman–Crippen MR) is 127 cm³/mol. The van der Waals surface area contributed by atoms with Crippen LogP contribution in [0, 0.1) is 0 Å². The number of nitrogens with zero attached hydrogens (tertiary/aromatic N) is 2. The van der Waals surface area contributed by atoms with Crippen LogP contribution >= 0.6 is 0 Å². The van der Waals surface area contributed by atoms with Gasteiger partial charge in [-0.05, 0) is 63.8 Å². The lowest BCUT2D eigenvalue weighted by atomic mass is 9.94. The molecule has 0 spiro atoms. The molecule has 33 heavy (non-hydrogen) atoms. The van der Waals surface area contributed by atoms with Crippen LogP contribution in [-0.2, 0) is 9.59 Å². The van der Waals surface area contributed by atoms with E-state index in [1.807, 2.05) is 44.1 Å². The van der Waals surface area contributed by atoms with Gasteiger partial charge in [0.15, 0.2) is 0 Å². The number of hydrogen-bond donors (Lipinski definition) is 1. The summed E-state index contributed by atoms with van der Waals surface area (Å²) in [7, 11) is 5.46. The molecule has 0 saturated carbocycles. The van der Waals surface area contributed by atoms with Crippen LogP contribution in [0.4, 0.5) is 0 Å². The number of rotatable bonds is 10. The van der Waals surface area contributed by atoms with E-state index >= 15 is 0 Å². The molecule has 2 aromatic carbocycles. The summed E-state index contributed by atoms with van der Waals surface area (Å²) >= 11 is 0. The van der Waals surface area contributed by atoms with Crippen LogP contribution in [0.25, 0.3) is 5.76 Å². The Hall–Kier alpha value is -3.32. The molecule has 0 aromatic heterocycles. The first-order valence-electron chi connectivity index (χ1n) is 11.2. The number of aliphatic hydroxyl groups excluding tert-OH is 1. The van der Waals surface area contributed by atoms with E-state index < -0.39 is 17.7 Å². The zero-order valence-corrected chi connectivity index (χ0v) is 19.7. The lowest BCUT2D eigenvalue weighted by Gasteiger charge is -2.27. The zero-order chi connectivity index (χ0) is 24.0. The minimum atomic E-state index is -0.737. The lowest BCUT2D eigenvalue weighted by Crippen LogP contribution is -2.32. The number of ketones is 1. The Morgan fingerprint density at radius 1 is 1.09 bits per heavy atom. The van der Waals surface area contributed by atoms with E-state index in [1.165, 1.54) is 4.90 Å². The van der Waals surface area contributed by atoms with Crippen molar-refractivity contribution in [2.45, 2.75) is 25.8 Å². The first kappa shape index (κ1) is 24.3. The van der Waals surface area contributed by atoms with Crippen molar-refractivity contribution in [3.8, 4) is 11.5 Å². The lowest BCUT2D eigenvalue weighted by molar-refractivity contribution is -0.140. The highest BCUT2D eigenvalue weighted by Gasteiger charge is 2.46. The van der Waals surface area contributed by atoms with Crippen LogP contribution in [0.3, 0.4) is 0 Å². The van der Waals surface area contributed by atoms with Gasteiger partial charge in [0.2, 0.25) is 0 Å². The molecule has 1 heterocycles. The second-order valence-corrected chi connectivity index (χ2v) is 8.26. The van der Waals surface area contributed by atoms with Crippen LogP contribution in [0.1, 0.15) is 36.9 Å². The van der Waals surface area contributed by atoms with Gasteiger partial charge < -0.3 is 24.4 Å². The summed E-state index contributed by atoms with van der Waals surface area (Å²) in [5, 5.41) is 11.2. The average molecular weight is 453 g/mol. The van der Waals surface area contributed by atoms with E-state index in [9.17, 15) is 14.7 Å². The van der Waals surface area contributed by atoms with Gasteiger partial charge in [-0.2, -0.15) is 0 Å². The van der Waals surface area contributed by atoms with Crippen molar-refractivity contribution in [2.24, 2.45) is 0 Å². The van der Waals surface area contributed by atoms with Crippen LogP contribution < -0.4 is 9.47 Å². The smallest absolute Gasteiger partial charge is 0.295 e. The maximum Gasteiger partial charge on any atom is 0.295 e. The van der Waals surface area contributed by atoms with Crippen molar-refractivity contribution < 1.29 is 24.2 Å². The molecule has 3 rings (SSSR count). The fourth-order valence-electron chi connectivity index (χ4n) is 3.97.